The minimum absolute atomic E-state index is 0.203. The van der Waals surface area contributed by atoms with Crippen LogP contribution in [0.5, 0.6) is 0 Å². The molecule has 1 aromatic carbocycles. The van der Waals surface area contributed by atoms with Gasteiger partial charge in [0.15, 0.2) is 5.82 Å². The summed E-state index contributed by atoms with van der Waals surface area (Å²) in [5, 5.41) is 12.2. The first-order valence-corrected chi connectivity index (χ1v) is 5.50. The maximum atomic E-state index is 12.1. The molecular formula is C12H12F3N3. The lowest BCUT2D eigenvalue weighted by Gasteiger charge is -2.10. The monoisotopic (exact) mass is 255 g/mol. The van der Waals surface area contributed by atoms with Crippen molar-refractivity contribution in [2.75, 3.05) is 11.9 Å². The molecule has 2 aromatic rings. The predicted molar refractivity (Wildman–Crippen MR) is 63.4 cm³/mol. The van der Waals surface area contributed by atoms with Gasteiger partial charge in [0.05, 0.1) is 12.1 Å². The van der Waals surface area contributed by atoms with Gasteiger partial charge in [-0.1, -0.05) is 24.3 Å². The Morgan fingerprint density at radius 1 is 1.11 bits per heavy atom. The van der Waals surface area contributed by atoms with Gasteiger partial charge in [-0.25, -0.2) is 0 Å². The van der Waals surface area contributed by atoms with Crippen LogP contribution in [0.25, 0.3) is 10.8 Å². The van der Waals surface area contributed by atoms with Gasteiger partial charge in [-0.3, -0.25) is 0 Å². The Hall–Kier alpha value is -1.85. The predicted octanol–water partition coefficient (Wildman–Crippen LogP) is 3.30. The number of alkyl halides is 3. The third kappa shape index (κ3) is 2.88. The standard InChI is InChI=1S/C12H12F3N3/c1-8-9-4-2-3-5-10(9)11(18-17-8)16-7-6-12(13,14)15/h2-5H,6-7H2,1H3,(H,16,18). The molecule has 0 aliphatic rings. The van der Waals surface area contributed by atoms with Gasteiger partial charge >= 0.3 is 6.18 Å². The van der Waals surface area contributed by atoms with Crippen LogP contribution in [0.2, 0.25) is 0 Å². The molecular weight excluding hydrogens is 243 g/mol. The molecule has 1 N–H and O–H groups in total. The lowest BCUT2D eigenvalue weighted by molar-refractivity contribution is -0.131. The van der Waals surface area contributed by atoms with E-state index in [-0.39, 0.29) is 6.54 Å². The highest BCUT2D eigenvalue weighted by atomic mass is 19.4. The molecule has 0 saturated heterocycles. The minimum atomic E-state index is -4.17. The fourth-order valence-corrected chi connectivity index (χ4v) is 1.69. The van der Waals surface area contributed by atoms with E-state index in [0.29, 0.717) is 5.82 Å². The van der Waals surface area contributed by atoms with Crippen molar-refractivity contribution in [3.63, 3.8) is 0 Å². The van der Waals surface area contributed by atoms with Crippen LogP contribution in [0, 0.1) is 6.92 Å². The van der Waals surface area contributed by atoms with Crippen LogP contribution in [-0.4, -0.2) is 22.9 Å². The number of nitrogens with zero attached hydrogens (tertiary/aromatic N) is 2. The molecule has 0 atom stereocenters. The Labute approximate surface area is 102 Å². The van der Waals surface area contributed by atoms with Crippen molar-refractivity contribution >= 4 is 16.6 Å². The number of rotatable bonds is 3. The largest absolute Gasteiger partial charge is 0.390 e. The highest BCUT2D eigenvalue weighted by molar-refractivity contribution is 5.92. The van der Waals surface area contributed by atoms with E-state index in [4.69, 9.17) is 0 Å². The zero-order chi connectivity index (χ0) is 13.2. The van der Waals surface area contributed by atoms with Crippen molar-refractivity contribution in [1.29, 1.82) is 0 Å². The average Bonchev–Trinajstić information content (AvgIpc) is 2.31. The fraction of sp³-hybridized carbons (Fsp3) is 0.333. The fourth-order valence-electron chi connectivity index (χ4n) is 1.69. The van der Waals surface area contributed by atoms with Crippen LogP contribution in [0.4, 0.5) is 19.0 Å². The number of fused-ring (bicyclic) bond motifs is 1. The maximum Gasteiger partial charge on any atom is 0.390 e. The van der Waals surface area contributed by atoms with E-state index in [1.165, 1.54) is 0 Å². The van der Waals surface area contributed by atoms with Gasteiger partial charge in [0.2, 0.25) is 0 Å². The molecule has 0 bridgehead atoms. The Kier molecular flexibility index (Phi) is 3.36. The normalized spacial score (nSPS) is 11.8. The van der Waals surface area contributed by atoms with Crippen molar-refractivity contribution in [3.8, 4) is 0 Å². The second kappa shape index (κ2) is 4.80. The quantitative estimate of drug-likeness (QED) is 0.914. The molecule has 6 heteroatoms. The Balaban J connectivity index is 2.21. The van der Waals surface area contributed by atoms with Crippen molar-refractivity contribution < 1.29 is 13.2 Å². The van der Waals surface area contributed by atoms with Gasteiger partial charge in [-0.2, -0.15) is 18.3 Å². The lowest BCUT2D eigenvalue weighted by atomic mass is 10.1. The number of benzene rings is 1. The summed E-state index contributed by atoms with van der Waals surface area (Å²) in [4.78, 5) is 0. The molecule has 3 nitrogen and oxygen atoms in total. The van der Waals surface area contributed by atoms with E-state index in [1.807, 2.05) is 31.2 Å². The number of halogens is 3. The SMILES string of the molecule is Cc1nnc(NCCC(F)(F)F)c2ccccc12. The second-order valence-electron chi connectivity index (χ2n) is 3.97. The van der Waals surface area contributed by atoms with Gasteiger partial charge in [0.1, 0.15) is 0 Å². The summed E-state index contributed by atoms with van der Waals surface area (Å²) in [6.45, 7) is 1.61. The number of anilines is 1. The molecule has 96 valence electrons. The zero-order valence-electron chi connectivity index (χ0n) is 9.75. The number of hydrogen-bond acceptors (Lipinski definition) is 3. The Morgan fingerprint density at radius 2 is 1.78 bits per heavy atom. The Bertz CT molecular complexity index is 552. The molecule has 0 unspecified atom stereocenters. The molecule has 0 saturated carbocycles. The zero-order valence-corrected chi connectivity index (χ0v) is 9.75. The summed E-state index contributed by atoms with van der Waals surface area (Å²) in [7, 11) is 0. The van der Waals surface area contributed by atoms with Crippen LogP contribution >= 0.6 is 0 Å². The molecule has 1 aromatic heterocycles. The third-order valence-electron chi connectivity index (χ3n) is 2.57. The molecule has 0 amide bonds. The Morgan fingerprint density at radius 3 is 2.44 bits per heavy atom. The van der Waals surface area contributed by atoms with Gasteiger partial charge < -0.3 is 5.32 Å². The summed E-state index contributed by atoms with van der Waals surface area (Å²) in [5.74, 6) is 0.389. The van der Waals surface area contributed by atoms with Gasteiger partial charge in [0, 0.05) is 17.3 Å². The minimum Gasteiger partial charge on any atom is -0.368 e. The summed E-state index contributed by atoms with van der Waals surface area (Å²) >= 11 is 0. The van der Waals surface area contributed by atoms with Crippen LogP contribution in [0.1, 0.15) is 12.1 Å². The van der Waals surface area contributed by atoms with Crippen molar-refractivity contribution in [2.45, 2.75) is 19.5 Å². The molecule has 2 rings (SSSR count). The molecule has 0 fully saturated rings. The second-order valence-corrected chi connectivity index (χ2v) is 3.97. The first-order chi connectivity index (χ1) is 8.47. The third-order valence-corrected chi connectivity index (χ3v) is 2.57. The summed E-state index contributed by atoms with van der Waals surface area (Å²) < 4.78 is 36.2. The number of aryl methyl sites for hydroxylation is 1. The molecule has 0 spiro atoms. The van der Waals surface area contributed by atoms with E-state index in [9.17, 15) is 13.2 Å². The van der Waals surface area contributed by atoms with Crippen LogP contribution in [-0.2, 0) is 0 Å². The van der Waals surface area contributed by atoms with Crippen LogP contribution in [0.3, 0.4) is 0 Å². The summed E-state index contributed by atoms with van der Waals surface area (Å²) in [6.07, 6.45) is -5.06. The average molecular weight is 255 g/mol. The topological polar surface area (TPSA) is 37.8 Å². The van der Waals surface area contributed by atoms with Crippen molar-refractivity contribution in [1.82, 2.24) is 10.2 Å². The van der Waals surface area contributed by atoms with Crippen LogP contribution in [0.15, 0.2) is 24.3 Å². The lowest BCUT2D eigenvalue weighted by Crippen LogP contribution is -2.15. The van der Waals surface area contributed by atoms with E-state index >= 15 is 0 Å². The van der Waals surface area contributed by atoms with E-state index in [1.54, 1.807) is 0 Å². The molecule has 1 heterocycles. The highest BCUT2D eigenvalue weighted by Gasteiger charge is 2.26. The maximum absolute atomic E-state index is 12.1. The molecule has 0 aliphatic heterocycles. The number of aromatic nitrogens is 2. The number of nitrogens with one attached hydrogen (secondary N) is 1. The summed E-state index contributed by atoms with van der Waals surface area (Å²) in [6, 6.07) is 7.36. The van der Waals surface area contributed by atoms with Crippen molar-refractivity contribution in [3.05, 3.63) is 30.0 Å². The van der Waals surface area contributed by atoms with Gasteiger partial charge in [0.25, 0.3) is 0 Å². The first-order valence-electron chi connectivity index (χ1n) is 5.50. The molecule has 0 aliphatic carbocycles. The van der Waals surface area contributed by atoms with E-state index < -0.39 is 12.6 Å². The van der Waals surface area contributed by atoms with Gasteiger partial charge in [-0.05, 0) is 6.92 Å². The van der Waals surface area contributed by atoms with Crippen LogP contribution < -0.4 is 5.32 Å². The highest BCUT2D eigenvalue weighted by Crippen LogP contribution is 2.23. The molecule has 18 heavy (non-hydrogen) atoms. The van der Waals surface area contributed by atoms with Crippen molar-refractivity contribution in [2.24, 2.45) is 0 Å². The smallest absolute Gasteiger partial charge is 0.368 e. The van der Waals surface area contributed by atoms with E-state index in [2.05, 4.69) is 15.5 Å². The van der Waals surface area contributed by atoms with Gasteiger partial charge in [-0.15, -0.1) is 5.10 Å². The number of hydrogen-bond donors (Lipinski definition) is 1. The first kappa shape index (κ1) is 12.6. The molecule has 0 radical (unpaired) electrons. The van der Waals surface area contributed by atoms with E-state index in [0.717, 1.165) is 16.5 Å². The summed E-state index contributed by atoms with van der Waals surface area (Å²) in [5.41, 5.74) is 0.756.